The SMILES string of the molecule is COc1cccc(C(=O)Nc2cc(C(F)(F)F)ccc2N2CCCCC2)c1OC. The Bertz CT molecular complexity index is 878. The minimum absolute atomic E-state index is 0.122. The number of ether oxygens (including phenoxy) is 2. The molecule has 0 unspecified atom stereocenters. The van der Waals surface area contributed by atoms with E-state index in [1.54, 1.807) is 12.1 Å². The third-order valence-corrected chi connectivity index (χ3v) is 4.92. The third-order valence-electron chi connectivity index (χ3n) is 4.92. The summed E-state index contributed by atoms with van der Waals surface area (Å²) in [5.41, 5.74) is 0.0598. The summed E-state index contributed by atoms with van der Waals surface area (Å²) in [5.74, 6) is 0.0118. The van der Waals surface area contributed by atoms with Gasteiger partial charge in [0.25, 0.3) is 5.91 Å². The maximum absolute atomic E-state index is 13.3. The Morgan fingerprint density at radius 2 is 1.76 bits per heavy atom. The van der Waals surface area contributed by atoms with Crippen molar-refractivity contribution >= 4 is 17.3 Å². The van der Waals surface area contributed by atoms with Crippen molar-refractivity contribution in [3.8, 4) is 11.5 Å². The number of nitrogens with zero attached hydrogens (tertiary/aromatic N) is 1. The van der Waals surface area contributed by atoms with Crippen molar-refractivity contribution in [3.63, 3.8) is 0 Å². The lowest BCUT2D eigenvalue weighted by Gasteiger charge is -2.31. The zero-order chi connectivity index (χ0) is 21.0. The van der Waals surface area contributed by atoms with Crippen LogP contribution < -0.4 is 19.7 Å². The van der Waals surface area contributed by atoms with Gasteiger partial charge in [-0.1, -0.05) is 6.07 Å². The number of anilines is 2. The Morgan fingerprint density at radius 1 is 1.03 bits per heavy atom. The second-order valence-corrected chi connectivity index (χ2v) is 6.77. The van der Waals surface area contributed by atoms with Crippen molar-refractivity contribution in [2.45, 2.75) is 25.4 Å². The van der Waals surface area contributed by atoms with Crippen LogP contribution in [0.15, 0.2) is 36.4 Å². The first-order chi connectivity index (χ1) is 13.8. The summed E-state index contributed by atoms with van der Waals surface area (Å²) in [6.07, 6.45) is -1.51. The first kappa shape index (κ1) is 20.8. The fraction of sp³-hybridized carbons (Fsp3) is 0.381. The van der Waals surface area contributed by atoms with E-state index in [9.17, 15) is 18.0 Å². The largest absolute Gasteiger partial charge is 0.493 e. The van der Waals surface area contributed by atoms with Crippen LogP contribution in [0.25, 0.3) is 0 Å². The molecule has 1 N–H and O–H groups in total. The fourth-order valence-electron chi connectivity index (χ4n) is 3.48. The lowest BCUT2D eigenvalue weighted by molar-refractivity contribution is -0.137. The van der Waals surface area contributed by atoms with Crippen LogP contribution in [0.1, 0.15) is 35.2 Å². The predicted molar refractivity (Wildman–Crippen MR) is 105 cm³/mol. The second kappa shape index (κ2) is 8.63. The van der Waals surface area contributed by atoms with Crippen molar-refractivity contribution in [2.24, 2.45) is 0 Å². The molecule has 8 heteroatoms. The lowest BCUT2D eigenvalue weighted by atomic mass is 10.1. The zero-order valence-corrected chi connectivity index (χ0v) is 16.3. The lowest BCUT2D eigenvalue weighted by Crippen LogP contribution is -2.30. The van der Waals surface area contributed by atoms with Crippen LogP contribution in [-0.2, 0) is 6.18 Å². The molecular formula is C21H23F3N2O3. The highest BCUT2D eigenvalue weighted by atomic mass is 19.4. The van der Waals surface area contributed by atoms with Crippen molar-refractivity contribution in [1.29, 1.82) is 0 Å². The number of nitrogens with one attached hydrogen (secondary N) is 1. The Hall–Kier alpha value is -2.90. The number of para-hydroxylation sites is 1. The van der Waals surface area contributed by atoms with Gasteiger partial charge in [-0.15, -0.1) is 0 Å². The van der Waals surface area contributed by atoms with Gasteiger partial charge in [0, 0.05) is 13.1 Å². The molecule has 0 bridgehead atoms. The van der Waals surface area contributed by atoms with E-state index >= 15 is 0 Å². The van der Waals surface area contributed by atoms with E-state index in [4.69, 9.17) is 9.47 Å². The van der Waals surface area contributed by atoms with E-state index in [-0.39, 0.29) is 17.0 Å². The summed E-state index contributed by atoms with van der Waals surface area (Å²) >= 11 is 0. The van der Waals surface area contributed by atoms with Gasteiger partial charge in [-0.3, -0.25) is 4.79 Å². The van der Waals surface area contributed by atoms with Gasteiger partial charge >= 0.3 is 6.18 Å². The van der Waals surface area contributed by atoms with Crippen molar-refractivity contribution in [2.75, 3.05) is 37.5 Å². The molecule has 2 aromatic rings. The minimum Gasteiger partial charge on any atom is -0.493 e. The molecule has 1 aliphatic heterocycles. The van der Waals surface area contributed by atoms with Crippen LogP contribution in [0.2, 0.25) is 0 Å². The van der Waals surface area contributed by atoms with Crippen LogP contribution in [0, 0.1) is 0 Å². The van der Waals surface area contributed by atoms with Gasteiger partial charge in [0.05, 0.1) is 36.7 Å². The molecule has 3 rings (SSSR count). The molecular weight excluding hydrogens is 385 g/mol. The molecule has 0 aromatic heterocycles. The Labute approximate surface area is 167 Å². The number of halogens is 3. The van der Waals surface area contributed by atoms with Crippen molar-refractivity contribution in [1.82, 2.24) is 0 Å². The zero-order valence-electron chi connectivity index (χ0n) is 16.3. The molecule has 1 fully saturated rings. The van der Waals surface area contributed by atoms with E-state index in [1.807, 2.05) is 4.90 Å². The molecule has 0 atom stereocenters. The Morgan fingerprint density at radius 3 is 2.38 bits per heavy atom. The van der Waals surface area contributed by atoms with E-state index in [0.29, 0.717) is 11.4 Å². The summed E-state index contributed by atoms with van der Waals surface area (Å²) in [7, 11) is 2.85. The quantitative estimate of drug-likeness (QED) is 0.759. The van der Waals surface area contributed by atoms with E-state index in [0.717, 1.165) is 44.5 Å². The molecule has 29 heavy (non-hydrogen) atoms. The molecule has 0 aliphatic carbocycles. The highest BCUT2D eigenvalue weighted by molar-refractivity contribution is 6.08. The number of carbonyl (C=O) groups excluding carboxylic acids is 1. The third kappa shape index (κ3) is 4.58. The Kier molecular flexibility index (Phi) is 6.20. The molecule has 1 aliphatic rings. The van der Waals surface area contributed by atoms with E-state index < -0.39 is 17.6 Å². The van der Waals surface area contributed by atoms with Gasteiger partial charge in [-0.05, 0) is 49.6 Å². The van der Waals surface area contributed by atoms with Crippen LogP contribution in [-0.4, -0.2) is 33.2 Å². The summed E-state index contributed by atoms with van der Waals surface area (Å²) in [6, 6.07) is 8.24. The predicted octanol–water partition coefficient (Wildman–Crippen LogP) is 4.97. The number of hydrogen-bond acceptors (Lipinski definition) is 4. The first-order valence-electron chi connectivity index (χ1n) is 9.33. The number of benzene rings is 2. The highest BCUT2D eigenvalue weighted by Crippen LogP contribution is 2.37. The fourth-order valence-corrected chi connectivity index (χ4v) is 3.48. The van der Waals surface area contributed by atoms with Crippen LogP contribution in [0.3, 0.4) is 0 Å². The van der Waals surface area contributed by atoms with Gasteiger partial charge in [0.15, 0.2) is 11.5 Å². The highest BCUT2D eigenvalue weighted by Gasteiger charge is 2.32. The molecule has 0 saturated carbocycles. The maximum atomic E-state index is 13.3. The van der Waals surface area contributed by atoms with Crippen LogP contribution in [0.5, 0.6) is 11.5 Å². The standard InChI is InChI=1S/C21H23F3N2O3/c1-28-18-8-6-7-15(19(18)29-2)20(27)25-16-13-14(21(22,23)24)9-10-17(16)26-11-4-3-5-12-26/h6-10,13H,3-5,11-12H2,1-2H3,(H,25,27). The number of methoxy groups -OCH3 is 2. The van der Waals surface area contributed by atoms with Crippen LogP contribution in [0.4, 0.5) is 24.5 Å². The summed E-state index contributed by atoms with van der Waals surface area (Å²) in [5, 5.41) is 2.65. The second-order valence-electron chi connectivity index (χ2n) is 6.77. The number of amides is 1. The molecule has 1 heterocycles. The average molecular weight is 408 g/mol. The minimum atomic E-state index is -4.51. The molecule has 5 nitrogen and oxygen atoms in total. The molecule has 0 radical (unpaired) electrons. The van der Waals surface area contributed by atoms with Gasteiger partial charge < -0.3 is 19.7 Å². The number of rotatable bonds is 5. The van der Waals surface area contributed by atoms with Gasteiger partial charge in [0.2, 0.25) is 0 Å². The number of carbonyl (C=O) groups is 1. The summed E-state index contributed by atoms with van der Waals surface area (Å²) in [6.45, 7) is 1.47. The normalized spacial score (nSPS) is 14.4. The first-order valence-corrected chi connectivity index (χ1v) is 9.33. The van der Waals surface area contributed by atoms with Gasteiger partial charge in [0.1, 0.15) is 0 Å². The molecule has 0 spiro atoms. The van der Waals surface area contributed by atoms with Crippen molar-refractivity contribution in [3.05, 3.63) is 47.5 Å². The summed E-state index contributed by atoms with van der Waals surface area (Å²) < 4.78 is 50.2. The molecule has 156 valence electrons. The monoisotopic (exact) mass is 408 g/mol. The van der Waals surface area contributed by atoms with Crippen LogP contribution >= 0.6 is 0 Å². The smallest absolute Gasteiger partial charge is 0.416 e. The maximum Gasteiger partial charge on any atom is 0.416 e. The summed E-state index contributed by atoms with van der Waals surface area (Å²) in [4.78, 5) is 14.9. The number of hydrogen-bond donors (Lipinski definition) is 1. The topological polar surface area (TPSA) is 50.8 Å². The van der Waals surface area contributed by atoms with Gasteiger partial charge in [-0.2, -0.15) is 13.2 Å². The van der Waals surface area contributed by atoms with E-state index in [2.05, 4.69) is 5.32 Å². The number of alkyl halides is 3. The molecule has 2 aromatic carbocycles. The average Bonchev–Trinajstić information content (AvgIpc) is 2.72. The molecule has 1 saturated heterocycles. The van der Waals surface area contributed by atoms with Crippen molar-refractivity contribution < 1.29 is 27.4 Å². The Balaban J connectivity index is 1.99. The molecule has 1 amide bonds. The van der Waals surface area contributed by atoms with Gasteiger partial charge in [-0.25, -0.2) is 0 Å². The number of piperidine rings is 1. The van der Waals surface area contributed by atoms with E-state index in [1.165, 1.54) is 26.4 Å².